The number of alkyl halides is 3. The first kappa shape index (κ1) is 11.8. The molecule has 90 valence electrons. The van der Waals surface area contributed by atoms with Gasteiger partial charge in [-0.2, -0.15) is 13.2 Å². The van der Waals surface area contributed by atoms with Gasteiger partial charge in [0.2, 0.25) is 5.95 Å². The van der Waals surface area contributed by atoms with Crippen LogP contribution in [-0.2, 0) is 6.18 Å². The SMILES string of the molecule is Cc1ccsc1-c1cc(C(F)(F)F)nc(N)n1. The lowest BCUT2D eigenvalue weighted by molar-refractivity contribution is -0.141. The quantitative estimate of drug-likeness (QED) is 0.856. The lowest BCUT2D eigenvalue weighted by atomic mass is 10.2. The number of nitrogens with zero attached hydrogens (tertiary/aromatic N) is 2. The van der Waals surface area contributed by atoms with Crippen molar-refractivity contribution in [1.29, 1.82) is 0 Å². The van der Waals surface area contributed by atoms with E-state index in [1.165, 1.54) is 11.3 Å². The van der Waals surface area contributed by atoms with E-state index in [0.29, 0.717) is 4.88 Å². The Hall–Kier alpha value is -1.63. The summed E-state index contributed by atoms with van der Waals surface area (Å²) in [5.41, 5.74) is 5.34. The number of hydrogen-bond acceptors (Lipinski definition) is 4. The van der Waals surface area contributed by atoms with Crippen molar-refractivity contribution in [3.8, 4) is 10.6 Å². The monoisotopic (exact) mass is 259 g/mol. The van der Waals surface area contributed by atoms with E-state index in [1.807, 2.05) is 6.07 Å². The average Bonchev–Trinajstić information content (AvgIpc) is 2.62. The standard InChI is InChI=1S/C10H8F3N3S/c1-5-2-3-17-8(5)6-4-7(10(11,12)13)16-9(14)15-6/h2-4H,1H3,(H2,14,15,16). The highest BCUT2D eigenvalue weighted by atomic mass is 32.1. The molecule has 2 rings (SSSR count). The molecule has 2 heterocycles. The molecule has 2 aromatic rings. The molecular formula is C10H8F3N3S. The van der Waals surface area contributed by atoms with E-state index < -0.39 is 11.9 Å². The molecule has 17 heavy (non-hydrogen) atoms. The average molecular weight is 259 g/mol. The van der Waals surface area contributed by atoms with Crippen LogP contribution in [0.2, 0.25) is 0 Å². The van der Waals surface area contributed by atoms with E-state index in [9.17, 15) is 13.2 Å². The minimum absolute atomic E-state index is 0.206. The predicted molar refractivity (Wildman–Crippen MR) is 59.5 cm³/mol. The van der Waals surface area contributed by atoms with Crippen LogP contribution in [0.4, 0.5) is 19.1 Å². The fourth-order valence-electron chi connectivity index (χ4n) is 1.36. The van der Waals surface area contributed by atoms with E-state index in [1.54, 1.807) is 12.3 Å². The molecule has 0 atom stereocenters. The Bertz CT molecular complexity index is 548. The number of hydrogen-bond donors (Lipinski definition) is 1. The Balaban J connectivity index is 2.57. The number of aromatic nitrogens is 2. The minimum atomic E-state index is -4.52. The molecule has 0 radical (unpaired) electrons. The molecule has 0 unspecified atom stereocenters. The molecule has 0 amide bonds. The first-order valence-corrected chi connectivity index (χ1v) is 5.52. The van der Waals surface area contributed by atoms with Crippen molar-refractivity contribution in [3.63, 3.8) is 0 Å². The zero-order valence-corrected chi connectivity index (χ0v) is 9.56. The molecule has 0 aliphatic heterocycles. The molecule has 0 aliphatic carbocycles. The Morgan fingerprint density at radius 3 is 2.53 bits per heavy atom. The van der Waals surface area contributed by atoms with Gasteiger partial charge in [-0.25, -0.2) is 9.97 Å². The fraction of sp³-hybridized carbons (Fsp3) is 0.200. The zero-order valence-electron chi connectivity index (χ0n) is 8.75. The lowest BCUT2D eigenvalue weighted by Gasteiger charge is -2.08. The first-order chi connectivity index (χ1) is 7.88. The fourth-order valence-corrected chi connectivity index (χ4v) is 2.25. The third-order valence-electron chi connectivity index (χ3n) is 2.13. The molecule has 2 N–H and O–H groups in total. The van der Waals surface area contributed by atoms with Crippen LogP contribution in [0, 0.1) is 6.92 Å². The molecule has 0 aromatic carbocycles. The first-order valence-electron chi connectivity index (χ1n) is 4.64. The maximum atomic E-state index is 12.5. The Morgan fingerprint density at radius 1 is 1.29 bits per heavy atom. The highest BCUT2D eigenvalue weighted by Crippen LogP contribution is 2.33. The maximum Gasteiger partial charge on any atom is 0.433 e. The number of nitrogen functional groups attached to an aromatic ring is 1. The van der Waals surface area contributed by atoms with Crippen LogP contribution >= 0.6 is 11.3 Å². The summed E-state index contributed by atoms with van der Waals surface area (Å²) >= 11 is 1.32. The summed E-state index contributed by atoms with van der Waals surface area (Å²) in [5.74, 6) is -0.373. The van der Waals surface area contributed by atoms with Crippen molar-refractivity contribution in [1.82, 2.24) is 9.97 Å². The van der Waals surface area contributed by atoms with Crippen LogP contribution < -0.4 is 5.73 Å². The lowest BCUT2D eigenvalue weighted by Crippen LogP contribution is -2.11. The summed E-state index contributed by atoms with van der Waals surface area (Å²) in [6, 6.07) is 2.72. The third kappa shape index (κ3) is 2.38. The van der Waals surface area contributed by atoms with E-state index in [2.05, 4.69) is 9.97 Å². The number of aryl methyl sites for hydroxylation is 1. The van der Waals surface area contributed by atoms with Crippen molar-refractivity contribution in [3.05, 3.63) is 28.8 Å². The van der Waals surface area contributed by atoms with Gasteiger partial charge in [0, 0.05) is 0 Å². The van der Waals surface area contributed by atoms with Crippen LogP contribution in [0.3, 0.4) is 0 Å². The number of thiophene rings is 1. The largest absolute Gasteiger partial charge is 0.433 e. The smallest absolute Gasteiger partial charge is 0.368 e. The molecule has 0 bridgehead atoms. The van der Waals surface area contributed by atoms with Gasteiger partial charge in [-0.1, -0.05) is 0 Å². The molecule has 0 fully saturated rings. The second kappa shape index (κ2) is 3.99. The van der Waals surface area contributed by atoms with E-state index in [0.717, 1.165) is 11.6 Å². The summed E-state index contributed by atoms with van der Waals surface area (Å²) in [4.78, 5) is 7.69. The van der Waals surface area contributed by atoms with Gasteiger partial charge in [0.25, 0.3) is 0 Å². The Labute approximate surface area is 99.1 Å². The Kier molecular flexibility index (Phi) is 2.78. The summed E-state index contributed by atoms with van der Waals surface area (Å²) in [6.07, 6.45) is -4.52. The minimum Gasteiger partial charge on any atom is -0.368 e. The highest BCUT2D eigenvalue weighted by molar-refractivity contribution is 7.13. The normalized spacial score (nSPS) is 11.8. The molecule has 0 aliphatic rings. The summed E-state index contributed by atoms with van der Waals surface area (Å²) in [5, 5.41) is 1.79. The van der Waals surface area contributed by atoms with E-state index in [-0.39, 0.29) is 11.6 Å². The predicted octanol–water partition coefficient (Wildman–Crippen LogP) is 3.11. The van der Waals surface area contributed by atoms with E-state index in [4.69, 9.17) is 5.73 Å². The second-order valence-electron chi connectivity index (χ2n) is 3.43. The van der Waals surface area contributed by atoms with E-state index >= 15 is 0 Å². The number of halogens is 3. The van der Waals surface area contributed by atoms with Crippen LogP contribution in [0.1, 0.15) is 11.3 Å². The molecule has 2 aromatic heterocycles. The number of nitrogens with two attached hydrogens (primary N) is 1. The summed E-state index contributed by atoms with van der Waals surface area (Å²) in [6.45, 7) is 1.80. The van der Waals surface area contributed by atoms with Crippen LogP contribution in [0.15, 0.2) is 17.5 Å². The van der Waals surface area contributed by atoms with Gasteiger partial charge >= 0.3 is 6.18 Å². The van der Waals surface area contributed by atoms with Crippen LogP contribution in [0.5, 0.6) is 0 Å². The van der Waals surface area contributed by atoms with Crippen molar-refractivity contribution in [2.24, 2.45) is 0 Å². The number of anilines is 1. The van der Waals surface area contributed by atoms with Gasteiger partial charge in [0.15, 0.2) is 5.69 Å². The van der Waals surface area contributed by atoms with Crippen molar-refractivity contribution < 1.29 is 13.2 Å². The van der Waals surface area contributed by atoms with Crippen LogP contribution in [-0.4, -0.2) is 9.97 Å². The molecular weight excluding hydrogens is 251 g/mol. The van der Waals surface area contributed by atoms with Gasteiger partial charge < -0.3 is 5.73 Å². The molecule has 0 saturated carbocycles. The summed E-state index contributed by atoms with van der Waals surface area (Å²) < 4.78 is 37.6. The van der Waals surface area contributed by atoms with Gasteiger partial charge in [-0.3, -0.25) is 0 Å². The maximum absolute atomic E-state index is 12.5. The molecule has 0 saturated heterocycles. The van der Waals surface area contributed by atoms with Crippen molar-refractivity contribution in [2.75, 3.05) is 5.73 Å². The van der Waals surface area contributed by atoms with Crippen LogP contribution in [0.25, 0.3) is 10.6 Å². The zero-order chi connectivity index (χ0) is 12.6. The number of rotatable bonds is 1. The Morgan fingerprint density at radius 2 is 2.00 bits per heavy atom. The summed E-state index contributed by atoms with van der Waals surface area (Å²) in [7, 11) is 0. The molecule has 7 heteroatoms. The van der Waals surface area contributed by atoms with Gasteiger partial charge in [-0.05, 0) is 30.0 Å². The van der Waals surface area contributed by atoms with Crippen molar-refractivity contribution >= 4 is 17.3 Å². The van der Waals surface area contributed by atoms with Gasteiger partial charge in [0.05, 0.1) is 10.6 Å². The highest BCUT2D eigenvalue weighted by Gasteiger charge is 2.33. The topological polar surface area (TPSA) is 51.8 Å². The van der Waals surface area contributed by atoms with Gasteiger partial charge in [0.1, 0.15) is 0 Å². The third-order valence-corrected chi connectivity index (χ3v) is 3.17. The molecule has 0 spiro atoms. The van der Waals surface area contributed by atoms with Crippen molar-refractivity contribution in [2.45, 2.75) is 13.1 Å². The molecule has 3 nitrogen and oxygen atoms in total. The van der Waals surface area contributed by atoms with Gasteiger partial charge in [-0.15, -0.1) is 11.3 Å². The second-order valence-corrected chi connectivity index (χ2v) is 4.34.